The van der Waals surface area contributed by atoms with Crippen LogP contribution in [0, 0.1) is 6.92 Å². The number of benzene rings is 1. The Morgan fingerprint density at radius 3 is 3.00 bits per heavy atom. The van der Waals surface area contributed by atoms with Crippen molar-refractivity contribution < 1.29 is 4.79 Å². The summed E-state index contributed by atoms with van der Waals surface area (Å²) >= 11 is 0. The molecule has 0 amide bonds. The van der Waals surface area contributed by atoms with Crippen LogP contribution >= 0.6 is 0 Å². The molecule has 70 valence electrons. The fourth-order valence-corrected chi connectivity index (χ4v) is 1.63. The van der Waals surface area contributed by atoms with E-state index in [2.05, 4.69) is 11.9 Å². The van der Waals surface area contributed by atoms with Crippen molar-refractivity contribution >= 4 is 17.2 Å². The van der Waals surface area contributed by atoms with Crippen LogP contribution in [0.4, 0.5) is 0 Å². The van der Waals surface area contributed by atoms with Gasteiger partial charge >= 0.3 is 0 Å². The number of aryl methyl sites for hydroxylation is 1. The van der Waals surface area contributed by atoms with E-state index in [9.17, 15) is 4.79 Å². The number of para-hydroxylation sites is 1. The highest BCUT2D eigenvalue weighted by molar-refractivity contribution is 5.86. The first-order chi connectivity index (χ1) is 6.83. The lowest BCUT2D eigenvalue weighted by atomic mass is 10.0. The molecule has 14 heavy (non-hydrogen) atoms. The summed E-state index contributed by atoms with van der Waals surface area (Å²) in [4.78, 5) is 14.8. The topological polar surface area (TPSA) is 30.0 Å². The minimum Gasteiger partial charge on any atom is -0.303 e. The zero-order valence-corrected chi connectivity index (χ0v) is 8.03. The van der Waals surface area contributed by atoms with Crippen LogP contribution in [-0.2, 0) is 11.2 Å². The lowest BCUT2D eigenvalue weighted by molar-refractivity contribution is -0.107. The zero-order valence-electron chi connectivity index (χ0n) is 8.03. The fourth-order valence-electron chi connectivity index (χ4n) is 1.63. The first-order valence-electron chi connectivity index (χ1n) is 4.60. The summed E-state index contributed by atoms with van der Waals surface area (Å²) in [6, 6.07) is 7.93. The second-order valence-corrected chi connectivity index (χ2v) is 3.31. The average molecular weight is 185 g/mol. The predicted octanol–water partition coefficient (Wildman–Crippen LogP) is 2.28. The molecule has 2 nitrogen and oxygen atoms in total. The molecule has 0 N–H and O–H groups in total. The van der Waals surface area contributed by atoms with Gasteiger partial charge in [0.1, 0.15) is 6.29 Å². The van der Waals surface area contributed by atoms with Crippen molar-refractivity contribution in [1.82, 2.24) is 4.98 Å². The minimum absolute atomic E-state index is 0.438. The normalized spacial score (nSPS) is 10.4. The van der Waals surface area contributed by atoms with Crippen LogP contribution in [0.25, 0.3) is 10.9 Å². The highest BCUT2D eigenvalue weighted by atomic mass is 16.1. The highest BCUT2D eigenvalue weighted by Crippen LogP contribution is 2.19. The van der Waals surface area contributed by atoms with Gasteiger partial charge in [-0.3, -0.25) is 4.98 Å². The van der Waals surface area contributed by atoms with Crippen molar-refractivity contribution in [2.24, 2.45) is 0 Å². The second kappa shape index (κ2) is 3.58. The first kappa shape index (κ1) is 8.88. The summed E-state index contributed by atoms with van der Waals surface area (Å²) in [5, 5.41) is 1.13. The summed E-state index contributed by atoms with van der Waals surface area (Å²) in [5.41, 5.74) is 3.14. The zero-order chi connectivity index (χ0) is 9.97. The maximum absolute atomic E-state index is 10.5. The molecule has 0 atom stereocenters. The molecule has 0 saturated carbocycles. The van der Waals surface area contributed by atoms with Gasteiger partial charge in [-0.15, -0.1) is 0 Å². The molecule has 0 saturated heterocycles. The summed E-state index contributed by atoms with van der Waals surface area (Å²) in [6.07, 6.45) is 3.14. The van der Waals surface area contributed by atoms with E-state index in [1.165, 1.54) is 5.56 Å². The van der Waals surface area contributed by atoms with Gasteiger partial charge in [0, 0.05) is 18.0 Å². The van der Waals surface area contributed by atoms with Gasteiger partial charge in [0.2, 0.25) is 0 Å². The van der Waals surface area contributed by atoms with E-state index in [0.717, 1.165) is 22.8 Å². The number of aldehydes is 1. The van der Waals surface area contributed by atoms with Crippen molar-refractivity contribution in [2.45, 2.75) is 13.3 Å². The van der Waals surface area contributed by atoms with E-state index in [1.807, 2.05) is 24.3 Å². The molecule has 0 unspecified atom stereocenters. The van der Waals surface area contributed by atoms with Gasteiger partial charge in [-0.25, -0.2) is 0 Å². The van der Waals surface area contributed by atoms with E-state index >= 15 is 0 Å². The molecule has 2 heteroatoms. The van der Waals surface area contributed by atoms with Crippen LogP contribution in [0.3, 0.4) is 0 Å². The lowest BCUT2D eigenvalue weighted by Gasteiger charge is -2.04. The smallest absolute Gasteiger partial charge is 0.124 e. The number of carbonyl (C=O) groups is 1. The molecule has 0 bridgehead atoms. The van der Waals surface area contributed by atoms with Gasteiger partial charge < -0.3 is 4.79 Å². The van der Waals surface area contributed by atoms with Crippen LogP contribution in [0.15, 0.2) is 30.5 Å². The molecule has 0 aliphatic carbocycles. The average Bonchev–Trinajstić information content (AvgIpc) is 2.20. The molecule has 0 aliphatic rings. The highest BCUT2D eigenvalue weighted by Gasteiger charge is 2.02. The van der Waals surface area contributed by atoms with Crippen LogP contribution in [0.1, 0.15) is 11.1 Å². The standard InChI is InChI=1S/C12H11NO/c1-9-5-7-13-12-10(6-8-14)3-2-4-11(9)12/h2-5,7-8H,6H2,1H3. The lowest BCUT2D eigenvalue weighted by Crippen LogP contribution is -1.91. The first-order valence-corrected chi connectivity index (χ1v) is 4.60. The van der Waals surface area contributed by atoms with E-state index in [-0.39, 0.29) is 0 Å². The Bertz CT molecular complexity index is 477. The van der Waals surface area contributed by atoms with Crippen molar-refractivity contribution in [1.29, 1.82) is 0 Å². The number of hydrogen-bond donors (Lipinski definition) is 0. The summed E-state index contributed by atoms with van der Waals surface area (Å²) in [7, 11) is 0. The number of aromatic nitrogens is 1. The van der Waals surface area contributed by atoms with Gasteiger partial charge in [-0.05, 0) is 24.1 Å². The van der Waals surface area contributed by atoms with Crippen LogP contribution in [0.2, 0.25) is 0 Å². The Morgan fingerprint density at radius 2 is 2.21 bits per heavy atom. The molecule has 0 radical (unpaired) electrons. The Kier molecular flexibility index (Phi) is 2.27. The Labute approximate surface area is 82.6 Å². The van der Waals surface area contributed by atoms with E-state index in [0.29, 0.717) is 6.42 Å². The van der Waals surface area contributed by atoms with Crippen molar-refractivity contribution in [2.75, 3.05) is 0 Å². The maximum atomic E-state index is 10.5. The largest absolute Gasteiger partial charge is 0.303 e. The van der Waals surface area contributed by atoms with Crippen molar-refractivity contribution in [3.05, 3.63) is 41.6 Å². The quantitative estimate of drug-likeness (QED) is 0.672. The molecule has 1 heterocycles. The van der Waals surface area contributed by atoms with E-state index < -0.39 is 0 Å². The number of hydrogen-bond acceptors (Lipinski definition) is 2. The maximum Gasteiger partial charge on any atom is 0.124 e. The van der Waals surface area contributed by atoms with Gasteiger partial charge in [-0.1, -0.05) is 18.2 Å². The molecular formula is C12H11NO. The Morgan fingerprint density at radius 1 is 1.36 bits per heavy atom. The summed E-state index contributed by atoms with van der Waals surface area (Å²) in [6.45, 7) is 2.05. The monoisotopic (exact) mass is 185 g/mol. The molecule has 0 spiro atoms. The van der Waals surface area contributed by atoms with Gasteiger partial charge in [0.25, 0.3) is 0 Å². The van der Waals surface area contributed by atoms with Crippen LogP contribution < -0.4 is 0 Å². The van der Waals surface area contributed by atoms with Gasteiger partial charge in [0.15, 0.2) is 0 Å². The van der Waals surface area contributed by atoms with Crippen molar-refractivity contribution in [3.63, 3.8) is 0 Å². The molecular weight excluding hydrogens is 174 g/mol. The van der Waals surface area contributed by atoms with Crippen molar-refractivity contribution in [3.8, 4) is 0 Å². The fraction of sp³-hybridized carbons (Fsp3) is 0.167. The van der Waals surface area contributed by atoms with Crippen LogP contribution in [0.5, 0.6) is 0 Å². The van der Waals surface area contributed by atoms with E-state index in [4.69, 9.17) is 0 Å². The second-order valence-electron chi connectivity index (χ2n) is 3.31. The third-order valence-corrected chi connectivity index (χ3v) is 2.38. The third-order valence-electron chi connectivity index (χ3n) is 2.38. The molecule has 0 fully saturated rings. The number of rotatable bonds is 2. The minimum atomic E-state index is 0.438. The Balaban J connectivity index is 2.74. The number of carbonyl (C=O) groups excluding carboxylic acids is 1. The summed E-state index contributed by atoms with van der Waals surface area (Å²) < 4.78 is 0. The third kappa shape index (κ3) is 1.39. The molecule has 0 aliphatic heterocycles. The SMILES string of the molecule is Cc1ccnc2c(CC=O)cccc12. The molecule has 2 rings (SSSR count). The molecule has 1 aromatic carbocycles. The van der Waals surface area contributed by atoms with E-state index in [1.54, 1.807) is 6.20 Å². The molecule has 1 aromatic heterocycles. The molecule has 2 aromatic rings. The number of nitrogens with zero attached hydrogens (tertiary/aromatic N) is 1. The number of fused-ring (bicyclic) bond motifs is 1. The Hall–Kier alpha value is -1.70. The predicted molar refractivity (Wildman–Crippen MR) is 56.2 cm³/mol. The van der Waals surface area contributed by atoms with Crippen LogP contribution in [-0.4, -0.2) is 11.3 Å². The van der Waals surface area contributed by atoms with Gasteiger partial charge in [-0.2, -0.15) is 0 Å². The summed E-state index contributed by atoms with van der Waals surface area (Å²) in [5.74, 6) is 0. The number of pyridine rings is 1. The van der Waals surface area contributed by atoms with Gasteiger partial charge in [0.05, 0.1) is 5.52 Å².